The Labute approximate surface area is 144 Å². The van der Waals surface area contributed by atoms with Crippen molar-refractivity contribution in [3.05, 3.63) is 28.8 Å². The highest BCUT2D eigenvalue weighted by molar-refractivity contribution is 6.30. The van der Waals surface area contributed by atoms with Crippen LogP contribution in [0.3, 0.4) is 0 Å². The molecule has 2 rings (SSSR count). The Hall–Kier alpha value is -1.64. The second-order valence-electron chi connectivity index (χ2n) is 5.78. The number of unbranched alkanes of at least 4 members (excludes halogenated alkanes) is 1. The summed E-state index contributed by atoms with van der Waals surface area (Å²) in [6.07, 6.45) is -10.5. The molecule has 1 aliphatic heterocycles. The summed E-state index contributed by atoms with van der Waals surface area (Å²) in [5.74, 6) is 0. The van der Waals surface area contributed by atoms with Crippen LogP contribution in [0.15, 0.2) is 18.2 Å². The van der Waals surface area contributed by atoms with Gasteiger partial charge in [-0.3, -0.25) is 4.90 Å². The van der Waals surface area contributed by atoms with Crippen molar-refractivity contribution in [2.45, 2.75) is 44.1 Å². The van der Waals surface area contributed by atoms with Gasteiger partial charge in [-0.05, 0) is 24.6 Å². The number of urea groups is 1. The number of amides is 2. The Balaban J connectivity index is 2.75. The summed E-state index contributed by atoms with van der Waals surface area (Å²) in [6, 6.07) is 1.94. The number of halogens is 7. The monoisotopic (exact) mass is 388 g/mol. The van der Waals surface area contributed by atoms with Crippen molar-refractivity contribution in [1.29, 1.82) is 0 Å². The van der Waals surface area contributed by atoms with Crippen LogP contribution in [-0.2, 0) is 5.54 Å². The normalized spacial score (nSPS) is 21.1. The molecule has 0 spiro atoms. The minimum absolute atomic E-state index is 0.0207. The molecule has 1 aliphatic rings. The van der Waals surface area contributed by atoms with E-state index in [1.165, 1.54) is 6.07 Å². The van der Waals surface area contributed by atoms with Gasteiger partial charge in [0.2, 0.25) is 0 Å². The van der Waals surface area contributed by atoms with E-state index in [2.05, 4.69) is 5.32 Å². The van der Waals surface area contributed by atoms with Crippen LogP contribution in [0.2, 0.25) is 5.02 Å². The van der Waals surface area contributed by atoms with E-state index in [4.69, 9.17) is 11.6 Å². The molecule has 1 N–H and O–H groups in total. The SMILES string of the molecule is CCCCC1(C(F)(F)F)c2cc(Cl)ccc2NC(=O)N1CC(F)(F)F. The number of hydrogen-bond donors (Lipinski definition) is 1. The third-order valence-electron chi connectivity index (χ3n) is 4.07. The van der Waals surface area contributed by atoms with Crippen molar-refractivity contribution in [1.82, 2.24) is 4.90 Å². The highest BCUT2D eigenvalue weighted by atomic mass is 35.5. The van der Waals surface area contributed by atoms with Crippen molar-refractivity contribution >= 4 is 23.3 Å². The molecule has 25 heavy (non-hydrogen) atoms. The molecule has 2 amide bonds. The first-order chi connectivity index (χ1) is 11.4. The van der Waals surface area contributed by atoms with E-state index in [-0.39, 0.29) is 22.0 Å². The molecule has 0 saturated carbocycles. The first-order valence-electron chi connectivity index (χ1n) is 7.44. The zero-order valence-corrected chi connectivity index (χ0v) is 13.8. The number of carbonyl (C=O) groups excluding carboxylic acids is 1. The summed E-state index contributed by atoms with van der Waals surface area (Å²) in [5.41, 5.74) is -3.77. The van der Waals surface area contributed by atoms with Crippen LogP contribution in [0.4, 0.5) is 36.8 Å². The molecule has 1 atom stereocenters. The molecule has 0 bridgehead atoms. The van der Waals surface area contributed by atoms with E-state index < -0.39 is 42.5 Å². The predicted octanol–water partition coefficient (Wildman–Crippen LogP) is 5.70. The summed E-state index contributed by atoms with van der Waals surface area (Å²) in [6.45, 7) is -0.409. The van der Waals surface area contributed by atoms with Crippen LogP contribution in [0.1, 0.15) is 31.7 Å². The van der Waals surface area contributed by atoms with Crippen LogP contribution in [0, 0.1) is 0 Å². The van der Waals surface area contributed by atoms with Crippen LogP contribution in [0.5, 0.6) is 0 Å². The molecule has 1 aromatic carbocycles. The quantitative estimate of drug-likeness (QED) is 0.659. The Morgan fingerprint density at radius 2 is 1.84 bits per heavy atom. The average Bonchev–Trinajstić information content (AvgIpc) is 2.45. The molecule has 140 valence electrons. The van der Waals surface area contributed by atoms with Crippen LogP contribution in [0.25, 0.3) is 0 Å². The summed E-state index contributed by atoms with van der Waals surface area (Å²) in [5, 5.41) is 2.03. The lowest BCUT2D eigenvalue weighted by Crippen LogP contribution is -2.63. The molecule has 0 fully saturated rings. The van der Waals surface area contributed by atoms with E-state index in [0.717, 1.165) is 12.1 Å². The third-order valence-corrected chi connectivity index (χ3v) is 4.31. The fraction of sp³-hybridized carbons (Fsp3) is 0.533. The first kappa shape index (κ1) is 19.7. The largest absolute Gasteiger partial charge is 0.416 e. The van der Waals surface area contributed by atoms with E-state index in [1.54, 1.807) is 6.92 Å². The second kappa shape index (κ2) is 6.59. The number of anilines is 1. The topological polar surface area (TPSA) is 32.3 Å². The second-order valence-corrected chi connectivity index (χ2v) is 6.22. The molecular weight excluding hydrogens is 374 g/mol. The molecule has 0 radical (unpaired) electrons. The fourth-order valence-corrected chi connectivity index (χ4v) is 3.18. The van der Waals surface area contributed by atoms with Crippen LogP contribution in [-0.4, -0.2) is 29.8 Å². The van der Waals surface area contributed by atoms with E-state index >= 15 is 0 Å². The van der Waals surface area contributed by atoms with Crippen LogP contribution >= 0.6 is 11.6 Å². The fourth-order valence-electron chi connectivity index (χ4n) is 3.00. The zero-order valence-electron chi connectivity index (χ0n) is 13.1. The number of carbonyl (C=O) groups is 1. The van der Waals surface area contributed by atoms with Gasteiger partial charge >= 0.3 is 18.4 Å². The van der Waals surface area contributed by atoms with Crippen molar-refractivity contribution in [2.75, 3.05) is 11.9 Å². The van der Waals surface area contributed by atoms with Gasteiger partial charge in [0.05, 0.1) is 0 Å². The first-order valence-corrected chi connectivity index (χ1v) is 7.82. The molecule has 0 aromatic heterocycles. The average molecular weight is 389 g/mol. The number of rotatable bonds is 4. The number of hydrogen-bond acceptors (Lipinski definition) is 1. The van der Waals surface area contributed by atoms with Gasteiger partial charge in [-0.2, -0.15) is 26.3 Å². The van der Waals surface area contributed by atoms with Crippen LogP contribution < -0.4 is 5.32 Å². The van der Waals surface area contributed by atoms with Gasteiger partial charge in [0, 0.05) is 16.3 Å². The smallest absolute Gasteiger partial charge is 0.307 e. The lowest BCUT2D eigenvalue weighted by Gasteiger charge is -2.49. The van der Waals surface area contributed by atoms with Gasteiger partial charge in [-0.25, -0.2) is 4.79 Å². The van der Waals surface area contributed by atoms with Gasteiger partial charge in [-0.1, -0.05) is 31.4 Å². The molecule has 0 saturated heterocycles. The van der Waals surface area contributed by atoms with Crippen molar-refractivity contribution in [3.8, 4) is 0 Å². The Morgan fingerprint density at radius 3 is 2.36 bits per heavy atom. The van der Waals surface area contributed by atoms with Crippen molar-refractivity contribution in [2.24, 2.45) is 0 Å². The lowest BCUT2D eigenvalue weighted by molar-refractivity contribution is -0.247. The number of benzene rings is 1. The molecule has 3 nitrogen and oxygen atoms in total. The Bertz CT molecular complexity index is 660. The third kappa shape index (κ3) is 3.65. The molecule has 1 heterocycles. The molecule has 1 unspecified atom stereocenters. The van der Waals surface area contributed by atoms with E-state index in [1.807, 2.05) is 0 Å². The summed E-state index contributed by atoms with van der Waals surface area (Å²) in [4.78, 5) is 11.9. The number of alkyl halides is 6. The van der Waals surface area contributed by atoms with Gasteiger partial charge < -0.3 is 5.32 Å². The molecule has 1 aromatic rings. The molecular formula is C15H15ClF6N2O. The maximum Gasteiger partial charge on any atom is 0.416 e. The van der Waals surface area contributed by atoms with Gasteiger partial charge in [-0.15, -0.1) is 0 Å². The highest BCUT2D eigenvalue weighted by Crippen LogP contribution is 2.53. The minimum atomic E-state index is -5.12. The van der Waals surface area contributed by atoms with Crippen molar-refractivity contribution in [3.63, 3.8) is 0 Å². The Morgan fingerprint density at radius 1 is 1.20 bits per heavy atom. The maximum atomic E-state index is 14.1. The summed E-state index contributed by atoms with van der Waals surface area (Å²) in [7, 11) is 0. The highest BCUT2D eigenvalue weighted by Gasteiger charge is 2.64. The number of nitrogens with one attached hydrogen (secondary N) is 1. The molecule has 10 heteroatoms. The number of fused-ring (bicyclic) bond motifs is 1. The van der Waals surface area contributed by atoms with E-state index in [0.29, 0.717) is 6.42 Å². The lowest BCUT2D eigenvalue weighted by atomic mass is 9.80. The Kier molecular flexibility index (Phi) is 5.18. The summed E-state index contributed by atoms with van der Waals surface area (Å²) >= 11 is 5.78. The van der Waals surface area contributed by atoms with Gasteiger partial charge in [0.1, 0.15) is 6.54 Å². The van der Waals surface area contributed by atoms with Gasteiger partial charge in [0.15, 0.2) is 5.54 Å². The summed E-state index contributed by atoms with van der Waals surface area (Å²) < 4.78 is 81.0. The standard InChI is InChI=1S/C15H15ClF6N2O/c1-2-3-6-13(15(20,21)22)10-7-9(16)4-5-11(10)23-12(25)24(13)8-14(17,18)19/h4-5,7H,2-3,6,8H2,1H3,(H,23,25). The maximum absolute atomic E-state index is 14.1. The molecule has 0 aliphatic carbocycles. The zero-order chi connectivity index (χ0) is 19.0. The number of nitrogens with zero attached hydrogens (tertiary/aromatic N) is 1. The van der Waals surface area contributed by atoms with E-state index in [9.17, 15) is 31.1 Å². The predicted molar refractivity (Wildman–Crippen MR) is 80.5 cm³/mol. The van der Waals surface area contributed by atoms with Gasteiger partial charge in [0.25, 0.3) is 0 Å². The van der Waals surface area contributed by atoms with Crippen molar-refractivity contribution < 1.29 is 31.1 Å². The minimum Gasteiger partial charge on any atom is -0.307 e.